The average molecular weight is 147 g/mol. The zero-order valence-corrected chi connectivity index (χ0v) is 5.87. The SMILES string of the molecule is [O]Cc1cnc2[nH]ccc2c1. The van der Waals surface area contributed by atoms with Crippen molar-refractivity contribution in [3.63, 3.8) is 0 Å². The Morgan fingerprint density at radius 1 is 1.55 bits per heavy atom. The van der Waals surface area contributed by atoms with Gasteiger partial charge in [0.1, 0.15) is 12.3 Å². The van der Waals surface area contributed by atoms with Crippen molar-refractivity contribution in [1.29, 1.82) is 0 Å². The van der Waals surface area contributed by atoms with E-state index in [-0.39, 0.29) is 6.61 Å². The lowest BCUT2D eigenvalue weighted by molar-refractivity contribution is 0.177. The second kappa shape index (κ2) is 2.36. The molecule has 2 rings (SSSR count). The van der Waals surface area contributed by atoms with E-state index in [9.17, 15) is 5.11 Å². The predicted molar refractivity (Wildman–Crippen MR) is 40.5 cm³/mol. The third-order valence-electron chi connectivity index (χ3n) is 1.62. The molecular formula is C8H7N2O. The molecule has 1 radical (unpaired) electrons. The summed E-state index contributed by atoms with van der Waals surface area (Å²) in [6.07, 6.45) is 3.41. The number of rotatable bonds is 1. The quantitative estimate of drug-likeness (QED) is 0.652. The van der Waals surface area contributed by atoms with Crippen LogP contribution in [0.15, 0.2) is 24.5 Å². The van der Waals surface area contributed by atoms with Crippen LogP contribution in [0.25, 0.3) is 11.0 Å². The zero-order valence-electron chi connectivity index (χ0n) is 5.87. The number of hydrogen-bond acceptors (Lipinski definition) is 1. The van der Waals surface area contributed by atoms with Gasteiger partial charge in [-0.15, -0.1) is 0 Å². The van der Waals surface area contributed by atoms with Crippen LogP contribution in [0.3, 0.4) is 0 Å². The van der Waals surface area contributed by atoms with Gasteiger partial charge in [0.05, 0.1) is 0 Å². The van der Waals surface area contributed by atoms with Gasteiger partial charge in [-0.3, -0.25) is 0 Å². The minimum Gasteiger partial charge on any atom is -0.346 e. The number of H-pyrrole nitrogens is 1. The molecule has 0 amide bonds. The highest BCUT2D eigenvalue weighted by Crippen LogP contribution is 2.10. The van der Waals surface area contributed by atoms with Crippen molar-refractivity contribution in [2.75, 3.05) is 0 Å². The molecule has 2 aromatic heterocycles. The van der Waals surface area contributed by atoms with Gasteiger partial charge in [0.2, 0.25) is 0 Å². The molecule has 0 unspecified atom stereocenters. The van der Waals surface area contributed by atoms with Crippen molar-refractivity contribution >= 4 is 11.0 Å². The van der Waals surface area contributed by atoms with E-state index in [1.165, 1.54) is 0 Å². The second-order valence-electron chi connectivity index (χ2n) is 2.40. The molecule has 55 valence electrons. The molecular weight excluding hydrogens is 140 g/mol. The summed E-state index contributed by atoms with van der Waals surface area (Å²) < 4.78 is 0. The molecule has 1 N–H and O–H groups in total. The van der Waals surface area contributed by atoms with Gasteiger partial charge < -0.3 is 4.98 Å². The molecule has 0 fully saturated rings. The van der Waals surface area contributed by atoms with Crippen LogP contribution in [0.2, 0.25) is 0 Å². The first kappa shape index (κ1) is 6.37. The summed E-state index contributed by atoms with van der Waals surface area (Å²) >= 11 is 0. The molecule has 0 saturated carbocycles. The molecule has 0 bridgehead atoms. The molecule has 0 aliphatic rings. The standard InChI is InChI=1S/C8H7N2O/c11-5-6-3-7-1-2-9-8(7)10-4-6/h1-4H,5H2,(H,9,10). The van der Waals surface area contributed by atoms with Gasteiger partial charge in [0.25, 0.3) is 0 Å². The molecule has 11 heavy (non-hydrogen) atoms. The van der Waals surface area contributed by atoms with Gasteiger partial charge in [0, 0.05) is 23.3 Å². The molecule has 2 aromatic rings. The fraction of sp³-hybridized carbons (Fsp3) is 0.125. The highest BCUT2D eigenvalue weighted by Gasteiger charge is 1.96. The number of aromatic amines is 1. The normalized spacial score (nSPS) is 10.6. The van der Waals surface area contributed by atoms with Crippen LogP contribution < -0.4 is 0 Å². The minimum atomic E-state index is -0.200. The minimum absolute atomic E-state index is 0.200. The zero-order chi connectivity index (χ0) is 7.68. The maximum absolute atomic E-state index is 10.4. The molecule has 0 spiro atoms. The van der Waals surface area contributed by atoms with Crippen LogP contribution in [0.1, 0.15) is 5.56 Å². The van der Waals surface area contributed by atoms with Gasteiger partial charge in [-0.25, -0.2) is 10.1 Å². The van der Waals surface area contributed by atoms with Crippen LogP contribution in [-0.4, -0.2) is 9.97 Å². The van der Waals surface area contributed by atoms with E-state index in [2.05, 4.69) is 9.97 Å². The molecule has 0 aliphatic heterocycles. The molecule has 3 heteroatoms. The maximum Gasteiger partial charge on any atom is 0.137 e. The summed E-state index contributed by atoms with van der Waals surface area (Å²) in [5.74, 6) is 0. The largest absolute Gasteiger partial charge is 0.346 e. The summed E-state index contributed by atoms with van der Waals surface area (Å²) in [7, 11) is 0. The van der Waals surface area contributed by atoms with E-state index < -0.39 is 0 Å². The fourth-order valence-corrected chi connectivity index (χ4v) is 1.06. The molecule has 2 heterocycles. The topological polar surface area (TPSA) is 48.6 Å². The Bertz CT molecular complexity index is 367. The van der Waals surface area contributed by atoms with E-state index in [0.717, 1.165) is 16.6 Å². The number of aromatic nitrogens is 2. The fourth-order valence-electron chi connectivity index (χ4n) is 1.06. The first-order chi connectivity index (χ1) is 5.40. The van der Waals surface area contributed by atoms with Gasteiger partial charge >= 0.3 is 0 Å². The first-order valence-electron chi connectivity index (χ1n) is 3.40. The average Bonchev–Trinajstić information content (AvgIpc) is 2.50. The van der Waals surface area contributed by atoms with Crippen molar-refractivity contribution in [1.82, 2.24) is 9.97 Å². The number of pyridine rings is 1. The maximum atomic E-state index is 10.4. The Balaban J connectivity index is 2.67. The highest BCUT2D eigenvalue weighted by molar-refractivity contribution is 5.75. The van der Waals surface area contributed by atoms with Crippen LogP contribution in [0, 0.1) is 0 Å². The Morgan fingerprint density at radius 2 is 2.45 bits per heavy atom. The van der Waals surface area contributed by atoms with E-state index >= 15 is 0 Å². The summed E-state index contributed by atoms with van der Waals surface area (Å²) in [5, 5.41) is 11.4. The van der Waals surface area contributed by atoms with Gasteiger partial charge in [-0.2, -0.15) is 0 Å². The Kier molecular flexibility index (Phi) is 1.36. The van der Waals surface area contributed by atoms with Crippen molar-refractivity contribution in [3.05, 3.63) is 30.1 Å². The molecule has 0 atom stereocenters. The van der Waals surface area contributed by atoms with Crippen LogP contribution in [-0.2, 0) is 11.7 Å². The molecule has 0 saturated heterocycles. The van der Waals surface area contributed by atoms with Crippen molar-refractivity contribution < 1.29 is 5.11 Å². The third-order valence-corrected chi connectivity index (χ3v) is 1.62. The van der Waals surface area contributed by atoms with Crippen molar-refractivity contribution in [3.8, 4) is 0 Å². The summed E-state index contributed by atoms with van der Waals surface area (Å²) in [4.78, 5) is 7.01. The van der Waals surface area contributed by atoms with E-state index in [1.54, 1.807) is 6.20 Å². The lowest BCUT2D eigenvalue weighted by Gasteiger charge is -1.92. The summed E-state index contributed by atoms with van der Waals surface area (Å²) in [6.45, 7) is -0.200. The Hall–Kier alpha value is -1.35. The van der Waals surface area contributed by atoms with E-state index in [1.807, 2.05) is 18.3 Å². The number of nitrogens with zero attached hydrogens (tertiary/aromatic N) is 1. The van der Waals surface area contributed by atoms with Gasteiger partial charge in [-0.1, -0.05) is 0 Å². The predicted octanol–water partition coefficient (Wildman–Crippen LogP) is 1.49. The lowest BCUT2D eigenvalue weighted by atomic mass is 10.2. The van der Waals surface area contributed by atoms with E-state index in [4.69, 9.17) is 0 Å². The number of fused-ring (bicyclic) bond motifs is 1. The van der Waals surface area contributed by atoms with Crippen LogP contribution in [0.4, 0.5) is 0 Å². The molecule has 0 aromatic carbocycles. The number of nitrogens with one attached hydrogen (secondary N) is 1. The smallest absolute Gasteiger partial charge is 0.137 e. The molecule has 0 aliphatic carbocycles. The first-order valence-corrected chi connectivity index (χ1v) is 3.40. The van der Waals surface area contributed by atoms with Crippen LogP contribution in [0.5, 0.6) is 0 Å². The van der Waals surface area contributed by atoms with Gasteiger partial charge in [-0.05, 0) is 12.1 Å². The summed E-state index contributed by atoms with van der Waals surface area (Å²) in [6, 6.07) is 3.76. The van der Waals surface area contributed by atoms with E-state index in [0.29, 0.717) is 0 Å². The molecule has 3 nitrogen and oxygen atoms in total. The van der Waals surface area contributed by atoms with Crippen molar-refractivity contribution in [2.24, 2.45) is 0 Å². The Labute approximate surface area is 63.7 Å². The third kappa shape index (κ3) is 0.991. The van der Waals surface area contributed by atoms with Gasteiger partial charge in [0.15, 0.2) is 0 Å². The summed E-state index contributed by atoms with van der Waals surface area (Å²) in [5.41, 5.74) is 1.57. The lowest BCUT2D eigenvalue weighted by Crippen LogP contribution is -1.83. The second-order valence-corrected chi connectivity index (χ2v) is 2.40. The number of hydrogen-bond donors (Lipinski definition) is 1. The monoisotopic (exact) mass is 147 g/mol. The highest BCUT2D eigenvalue weighted by atomic mass is 16.3. The van der Waals surface area contributed by atoms with Crippen molar-refractivity contribution in [2.45, 2.75) is 6.61 Å². The van der Waals surface area contributed by atoms with Crippen LogP contribution >= 0.6 is 0 Å². The Morgan fingerprint density at radius 3 is 3.27 bits per heavy atom.